The van der Waals surface area contributed by atoms with Crippen LogP contribution in [-0.4, -0.2) is 56.7 Å². The smallest absolute Gasteiger partial charge is 0.423 e. The quantitative estimate of drug-likeness (QED) is 0.404. The Morgan fingerprint density at radius 2 is 1.84 bits per heavy atom. The summed E-state index contributed by atoms with van der Waals surface area (Å²) in [6, 6.07) is 2.49. The lowest BCUT2D eigenvalue weighted by molar-refractivity contribution is 0.0565. The number of hydrogen-bond acceptors (Lipinski definition) is 7. The molecule has 160 valence electrons. The molecule has 0 spiro atoms. The summed E-state index contributed by atoms with van der Waals surface area (Å²) in [5, 5.41) is 33.5. The first kappa shape index (κ1) is 20.7. The highest BCUT2D eigenvalue weighted by molar-refractivity contribution is 6.58. The second-order valence-corrected chi connectivity index (χ2v) is 6.78. The SMILES string of the molecule is Cn1nnc(F)c1-c1cnn(C(Cc2cnn(C(F)F)c2)c2ccc(B(O)O)cn2)c1. The Balaban J connectivity index is 1.71. The van der Waals surface area contributed by atoms with Crippen LogP contribution in [0.25, 0.3) is 11.3 Å². The second kappa shape index (κ2) is 8.31. The number of halogens is 3. The Morgan fingerprint density at radius 1 is 1.06 bits per heavy atom. The van der Waals surface area contributed by atoms with Gasteiger partial charge in [0, 0.05) is 43.1 Å². The summed E-state index contributed by atoms with van der Waals surface area (Å²) in [7, 11) is -0.139. The minimum atomic E-state index is -2.77. The van der Waals surface area contributed by atoms with E-state index >= 15 is 0 Å². The van der Waals surface area contributed by atoms with Crippen molar-refractivity contribution < 1.29 is 23.2 Å². The Labute approximate surface area is 173 Å². The van der Waals surface area contributed by atoms with Gasteiger partial charge in [-0.2, -0.15) is 23.4 Å². The highest BCUT2D eigenvalue weighted by atomic mass is 19.3. The van der Waals surface area contributed by atoms with Gasteiger partial charge in [-0.1, -0.05) is 16.4 Å². The lowest BCUT2D eigenvalue weighted by atomic mass is 9.81. The molecule has 31 heavy (non-hydrogen) atoms. The van der Waals surface area contributed by atoms with Gasteiger partial charge in [-0.05, 0) is 11.6 Å². The number of aryl methyl sites for hydroxylation is 1. The van der Waals surface area contributed by atoms with Gasteiger partial charge in [0.1, 0.15) is 5.69 Å². The zero-order valence-corrected chi connectivity index (χ0v) is 16.1. The lowest BCUT2D eigenvalue weighted by Gasteiger charge is -2.17. The van der Waals surface area contributed by atoms with E-state index in [2.05, 4.69) is 25.5 Å². The van der Waals surface area contributed by atoms with Crippen LogP contribution in [0, 0.1) is 5.95 Å². The molecule has 1 unspecified atom stereocenters. The highest BCUT2D eigenvalue weighted by Crippen LogP contribution is 2.26. The fraction of sp³-hybridized carbons (Fsp3) is 0.235. The fourth-order valence-corrected chi connectivity index (χ4v) is 3.18. The summed E-state index contributed by atoms with van der Waals surface area (Å²) < 4.78 is 43.1. The van der Waals surface area contributed by atoms with E-state index in [0.717, 1.165) is 0 Å². The molecule has 4 rings (SSSR count). The fourth-order valence-electron chi connectivity index (χ4n) is 3.18. The number of aromatic nitrogens is 8. The number of rotatable bonds is 7. The van der Waals surface area contributed by atoms with Gasteiger partial charge in [-0.25, -0.2) is 9.36 Å². The highest BCUT2D eigenvalue weighted by Gasteiger charge is 2.22. The molecule has 0 aliphatic carbocycles. The van der Waals surface area contributed by atoms with E-state index in [0.29, 0.717) is 21.5 Å². The van der Waals surface area contributed by atoms with Gasteiger partial charge < -0.3 is 10.0 Å². The monoisotopic (exact) mass is 432 g/mol. The van der Waals surface area contributed by atoms with E-state index in [-0.39, 0.29) is 17.6 Å². The van der Waals surface area contributed by atoms with Crippen molar-refractivity contribution in [3.05, 3.63) is 60.3 Å². The van der Waals surface area contributed by atoms with Crippen LogP contribution in [0.1, 0.15) is 23.8 Å². The van der Waals surface area contributed by atoms with E-state index in [1.807, 2.05) is 0 Å². The van der Waals surface area contributed by atoms with Crippen molar-refractivity contribution >= 4 is 12.6 Å². The maximum absolute atomic E-state index is 14.0. The van der Waals surface area contributed by atoms with Crippen molar-refractivity contribution in [1.82, 2.24) is 39.5 Å². The molecule has 0 fully saturated rings. The molecule has 0 amide bonds. The van der Waals surface area contributed by atoms with Crippen molar-refractivity contribution in [3.63, 3.8) is 0 Å². The van der Waals surface area contributed by atoms with Crippen LogP contribution in [0.2, 0.25) is 0 Å². The van der Waals surface area contributed by atoms with Gasteiger partial charge in [-0.3, -0.25) is 9.67 Å². The molecule has 0 aromatic carbocycles. The zero-order chi connectivity index (χ0) is 22.1. The first-order chi connectivity index (χ1) is 14.8. The third-order valence-corrected chi connectivity index (χ3v) is 4.71. The predicted molar refractivity (Wildman–Crippen MR) is 102 cm³/mol. The van der Waals surface area contributed by atoms with E-state index in [1.54, 1.807) is 19.3 Å². The first-order valence-corrected chi connectivity index (χ1v) is 9.06. The maximum Gasteiger partial charge on any atom is 0.490 e. The minimum absolute atomic E-state index is 0.141. The van der Waals surface area contributed by atoms with Gasteiger partial charge >= 0.3 is 13.7 Å². The molecule has 4 aromatic heterocycles. The first-order valence-electron chi connectivity index (χ1n) is 9.06. The van der Waals surface area contributed by atoms with E-state index in [1.165, 1.54) is 40.2 Å². The maximum atomic E-state index is 14.0. The summed E-state index contributed by atoms with van der Waals surface area (Å²) in [5.74, 6) is -0.753. The zero-order valence-electron chi connectivity index (χ0n) is 16.1. The van der Waals surface area contributed by atoms with E-state index in [9.17, 15) is 23.2 Å². The standard InChI is InChI=1S/C17H16BF3N8O2/c1-27-15(16(19)25-26-27)11-6-24-28(9-11)14(4-10-5-23-29(8-10)17(20)21)13-3-2-12(7-22-13)18(30)31/h2-3,5-9,14,17,30-31H,4H2,1H3. The van der Waals surface area contributed by atoms with Crippen LogP contribution in [0.5, 0.6) is 0 Å². The molecule has 0 bridgehead atoms. The topological polar surface area (TPSA) is 120 Å². The third kappa shape index (κ3) is 4.20. The Kier molecular flexibility index (Phi) is 5.56. The van der Waals surface area contributed by atoms with Crippen molar-refractivity contribution in [2.75, 3.05) is 0 Å². The number of nitrogens with zero attached hydrogens (tertiary/aromatic N) is 8. The number of alkyl halides is 2. The Bertz CT molecular complexity index is 1150. The molecule has 10 nitrogen and oxygen atoms in total. The predicted octanol–water partition coefficient (Wildman–Crippen LogP) is 0.316. The largest absolute Gasteiger partial charge is 0.490 e. The van der Waals surface area contributed by atoms with E-state index < -0.39 is 25.7 Å². The Hall–Kier alpha value is -3.52. The van der Waals surface area contributed by atoms with Crippen LogP contribution >= 0.6 is 0 Å². The molecule has 0 saturated carbocycles. The van der Waals surface area contributed by atoms with Gasteiger partial charge in [0.25, 0.3) is 5.95 Å². The van der Waals surface area contributed by atoms with Crippen LogP contribution < -0.4 is 5.46 Å². The van der Waals surface area contributed by atoms with Crippen LogP contribution in [-0.2, 0) is 13.5 Å². The van der Waals surface area contributed by atoms with E-state index in [4.69, 9.17) is 0 Å². The molecular weight excluding hydrogens is 416 g/mol. The summed E-state index contributed by atoms with van der Waals surface area (Å²) >= 11 is 0. The van der Waals surface area contributed by atoms with Gasteiger partial charge in [0.05, 0.1) is 24.1 Å². The molecular formula is C17H16BF3N8O2. The summed E-state index contributed by atoms with van der Waals surface area (Å²) in [4.78, 5) is 4.26. The van der Waals surface area contributed by atoms with Crippen molar-refractivity contribution in [1.29, 1.82) is 0 Å². The number of pyridine rings is 1. The molecule has 4 aromatic rings. The lowest BCUT2D eigenvalue weighted by Crippen LogP contribution is -2.30. The van der Waals surface area contributed by atoms with Crippen molar-refractivity contribution in [2.45, 2.75) is 19.0 Å². The van der Waals surface area contributed by atoms with Crippen molar-refractivity contribution in [3.8, 4) is 11.3 Å². The molecule has 0 aliphatic heterocycles. The second-order valence-electron chi connectivity index (χ2n) is 6.78. The molecule has 0 radical (unpaired) electrons. The summed E-state index contributed by atoms with van der Waals surface area (Å²) in [6.45, 7) is -2.77. The van der Waals surface area contributed by atoms with Gasteiger partial charge in [0.15, 0.2) is 0 Å². The summed E-state index contributed by atoms with van der Waals surface area (Å²) in [5.41, 5.74) is 1.73. The Morgan fingerprint density at radius 3 is 2.42 bits per heavy atom. The normalized spacial score (nSPS) is 12.5. The molecule has 0 aliphatic rings. The van der Waals surface area contributed by atoms with Crippen molar-refractivity contribution in [2.24, 2.45) is 7.05 Å². The van der Waals surface area contributed by atoms with Crippen LogP contribution in [0.3, 0.4) is 0 Å². The summed E-state index contributed by atoms with van der Waals surface area (Å²) in [6.07, 6.45) is 7.04. The average Bonchev–Trinajstić information content (AvgIpc) is 3.47. The molecule has 1 atom stereocenters. The molecule has 0 saturated heterocycles. The molecule has 2 N–H and O–H groups in total. The number of hydrogen-bond donors (Lipinski definition) is 2. The molecule has 4 heterocycles. The van der Waals surface area contributed by atoms with Crippen LogP contribution in [0.4, 0.5) is 13.2 Å². The third-order valence-electron chi connectivity index (χ3n) is 4.71. The average molecular weight is 432 g/mol. The van der Waals surface area contributed by atoms with Gasteiger partial charge in [0.2, 0.25) is 0 Å². The van der Waals surface area contributed by atoms with Crippen LogP contribution in [0.15, 0.2) is 43.1 Å². The minimum Gasteiger partial charge on any atom is -0.423 e. The molecule has 14 heteroatoms. The van der Waals surface area contributed by atoms with Gasteiger partial charge in [-0.15, -0.1) is 0 Å².